The zero-order valence-corrected chi connectivity index (χ0v) is 25.7. The fourth-order valence-electron chi connectivity index (χ4n) is 5.72. The van der Waals surface area contributed by atoms with E-state index in [2.05, 4.69) is 5.32 Å². The third kappa shape index (κ3) is 7.39. The van der Waals surface area contributed by atoms with E-state index in [0.29, 0.717) is 24.6 Å². The molecule has 0 aromatic heterocycles. The number of nitrogens with one attached hydrogen (secondary N) is 1. The number of carbonyl (C=O) groups is 6. The van der Waals surface area contributed by atoms with E-state index in [0.717, 1.165) is 38.5 Å². The van der Waals surface area contributed by atoms with Gasteiger partial charge in [0.05, 0.1) is 0 Å². The number of likely N-dealkylation sites (N-methyl/N-ethyl adjacent to an activating group) is 1. The molecule has 4 fully saturated rings. The van der Waals surface area contributed by atoms with Crippen LogP contribution in [0, 0.1) is 0 Å². The van der Waals surface area contributed by atoms with E-state index in [-0.39, 0.29) is 52.9 Å². The van der Waals surface area contributed by atoms with Crippen LogP contribution < -0.4 is 5.32 Å². The number of imide groups is 1. The minimum Gasteiger partial charge on any atom is -0.355 e. The van der Waals surface area contributed by atoms with Crippen molar-refractivity contribution in [2.45, 2.75) is 120 Å². The van der Waals surface area contributed by atoms with Crippen LogP contribution in [-0.4, -0.2) is 79.4 Å². The predicted molar refractivity (Wildman–Crippen MR) is 157 cm³/mol. The number of hydrogen-bond donors (Lipinski definition) is 1. The van der Waals surface area contributed by atoms with Crippen LogP contribution in [0.4, 0.5) is 4.79 Å². The maximum Gasteiger partial charge on any atom is 0.333 e. The molecule has 11 nitrogen and oxygen atoms in total. The van der Waals surface area contributed by atoms with Crippen LogP contribution in [0.1, 0.15) is 110 Å². The molecule has 0 aromatic carbocycles. The molecule has 41 heavy (non-hydrogen) atoms. The van der Waals surface area contributed by atoms with Crippen LogP contribution in [0.15, 0.2) is 0 Å². The summed E-state index contributed by atoms with van der Waals surface area (Å²) in [6, 6.07) is 0. The molecular formula is C28H44N4O7S2. The standard InChI is InChI=1S/C28H44N4O7S2/c1-2-30-25(37)26-31(27(38)41(26)28(30)40-41)20-21(33)29-19-15-13-11-9-7-5-3-4-6-8-10-12-14-16-24(36)39-32-22(34)17-18-23(32)35/h26,28H,2-20H2,1H3,(H,29,33). The molecule has 0 saturated carbocycles. The summed E-state index contributed by atoms with van der Waals surface area (Å²) in [4.78, 5) is 80.3. The van der Waals surface area contributed by atoms with Gasteiger partial charge in [0.25, 0.3) is 23.0 Å². The van der Waals surface area contributed by atoms with Crippen LogP contribution in [0.5, 0.6) is 0 Å². The second kappa shape index (κ2) is 14.8. The number of rotatable bonds is 20. The Bertz CT molecular complexity index is 1010. The number of carbonyl (C=O) groups excluding carboxylic acids is 6. The maximum atomic E-state index is 12.6. The summed E-state index contributed by atoms with van der Waals surface area (Å²) in [5, 5.41) is 3.17. The number of nitrogens with zero attached hydrogens (tertiary/aromatic N) is 3. The van der Waals surface area contributed by atoms with Crippen molar-refractivity contribution < 1.29 is 33.6 Å². The van der Waals surface area contributed by atoms with E-state index < -0.39 is 26.8 Å². The topological polar surface area (TPSA) is 133 Å². The predicted octanol–water partition coefficient (Wildman–Crippen LogP) is 4.55. The van der Waals surface area contributed by atoms with Crippen molar-refractivity contribution in [3.8, 4) is 0 Å². The maximum absolute atomic E-state index is 12.6. The first-order chi connectivity index (χ1) is 19.8. The van der Waals surface area contributed by atoms with Crippen molar-refractivity contribution in [3.63, 3.8) is 0 Å². The molecule has 4 aliphatic heterocycles. The molecule has 0 radical (unpaired) electrons. The molecule has 5 amide bonds. The van der Waals surface area contributed by atoms with Gasteiger partial charge in [-0.15, -0.1) is 5.06 Å². The molecule has 4 heterocycles. The first-order valence-electron chi connectivity index (χ1n) is 15.2. The van der Waals surface area contributed by atoms with Crippen LogP contribution >= 0.6 is 19.9 Å². The molecule has 4 saturated heterocycles. The summed E-state index contributed by atoms with van der Waals surface area (Å²) in [7, 11) is 0.0794. The van der Waals surface area contributed by atoms with E-state index in [9.17, 15) is 28.8 Å². The molecule has 4 aliphatic rings. The first-order valence-corrected chi connectivity index (χ1v) is 18.4. The van der Waals surface area contributed by atoms with Gasteiger partial charge < -0.3 is 20.0 Å². The first kappa shape index (κ1) is 31.7. The van der Waals surface area contributed by atoms with E-state index in [1.807, 2.05) is 6.92 Å². The zero-order chi connectivity index (χ0) is 29.4. The summed E-state index contributed by atoms with van der Waals surface area (Å²) >= 11 is 0. The lowest BCUT2D eigenvalue weighted by Gasteiger charge is -2.44. The van der Waals surface area contributed by atoms with Gasteiger partial charge in [-0.2, -0.15) is 0 Å². The molecule has 1 spiro atoms. The van der Waals surface area contributed by atoms with Crippen molar-refractivity contribution in [1.82, 2.24) is 20.2 Å². The molecular weight excluding hydrogens is 568 g/mol. The van der Waals surface area contributed by atoms with Gasteiger partial charge in [-0.25, -0.2) is 4.79 Å². The van der Waals surface area contributed by atoms with Crippen LogP contribution in [-0.2, 0) is 28.8 Å². The van der Waals surface area contributed by atoms with Gasteiger partial charge in [0.15, 0.2) is 5.37 Å². The second-order valence-electron chi connectivity index (χ2n) is 11.2. The smallest absolute Gasteiger partial charge is 0.333 e. The fourth-order valence-corrected chi connectivity index (χ4v) is 13.1. The fraction of sp³-hybridized carbons (Fsp3) is 0.786. The average Bonchev–Trinajstić information content (AvgIpc) is 3.57. The van der Waals surface area contributed by atoms with E-state index in [1.54, 1.807) is 15.7 Å². The van der Waals surface area contributed by atoms with Gasteiger partial charge in [-0.05, 0) is 28.8 Å². The number of hydroxylamine groups is 2. The Kier molecular flexibility index (Phi) is 11.4. The average molecular weight is 613 g/mol. The largest absolute Gasteiger partial charge is 0.355 e. The molecule has 1 N–H and O–H groups in total. The van der Waals surface area contributed by atoms with Gasteiger partial charge in [0.2, 0.25) is 5.91 Å². The highest BCUT2D eigenvalue weighted by molar-refractivity contribution is 9.15. The van der Waals surface area contributed by atoms with Gasteiger partial charge in [0.1, 0.15) is 11.3 Å². The minimum atomic E-state index is -1.55. The Balaban J connectivity index is 0.888. The second-order valence-corrected chi connectivity index (χ2v) is 16.9. The molecule has 0 aliphatic carbocycles. The van der Waals surface area contributed by atoms with Crippen molar-refractivity contribution >= 4 is 54.7 Å². The Labute approximate surface area is 247 Å². The van der Waals surface area contributed by atoms with Crippen molar-refractivity contribution in [2.75, 3.05) is 19.6 Å². The number of amides is 5. The lowest BCUT2D eigenvalue weighted by molar-refractivity contribution is -0.197. The van der Waals surface area contributed by atoms with E-state index in [1.165, 1.54) is 43.4 Å². The molecule has 4 rings (SSSR count). The third-order valence-corrected chi connectivity index (χ3v) is 14.8. The van der Waals surface area contributed by atoms with Crippen LogP contribution in [0.3, 0.4) is 0 Å². The Morgan fingerprint density at radius 3 is 1.93 bits per heavy atom. The van der Waals surface area contributed by atoms with E-state index in [4.69, 9.17) is 4.84 Å². The number of unbranched alkanes of at least 4 members (excludes halogenated alkanes) is 12. The van der Waals surface area contributed by atoms with Crippen LogP contribution in [0.2, 0.25) is 0 Å². The van der Waals surface area contributed by atoms with Gasteiger partial charge in [-0.3, -0.25) is 24.0 Å². The van der Waals surface area contributed by atoms with Crippen molar-refractivity contribution in [3.05, 3.63) is 0 Å². The Morgan fingerprint density at radius 1 is 0.829 bits per heavy atom. The Hall–Kier alpha value is -2.28. The van der Waals surface area contributed by atoms with Crippen molar-refractivity contribution in [1.29, 1.82) is 0 Å². The summed E-state index contributed by atoms with van der Waals surface area (Å²) in [6.45, 7) is 3.15. The van der Waals surface area contributed by atoms with E-state index >= 15 is 0 Å². The molecule has 13 heteroatoms. The monoisotopic (exact) mass is 612 g/mol. The normalized spacial score (nSPS) is 26.0. The molecule has 0 bridgehead atoms. The van der Waals surface area contributed by atoms with Gasteiger partial charge >= 0.3 is 5.97 Å². The minimum absolute atomic E-state index is 0.00530. The molecule has 3 atom stereocenters. The summed E-state index contributed by atoms with van der Waals surface area (Å²) in [6.07, 6.45) is 14.7. The van der Waals surface area contributed by atoms with Gasteiger partial charge in [-0.1, -0.05) is 81.4 Å². The van der Waals surface area contributed by atoms with Crippen LogP contribution in [0.25, 0.3) is 0 Å². The lowest BCUT2D eigenvalue weighted by atomic mass is 10.0. The summed E-state index contributed by atoms with van der Waals surface area (Å²) < 4.78 is 0.0591. The van der Waals surface area contributed by atoms with Gasteiger partial charge in [0, 0.05) is 32.4 Å². The zero-order valence-electron chi connectivity index (χ0n) is 24.1. The molecule has 0 aromatic rings. The summed E-state index contributed by atoms with van der Waals surface area (Å²) in [5.74, 6) is -1.55. The quantitative estimate of drug-likeness (QED) is 0.0917. The highest BCUT2D eigenvalue weighted by Gasteiger charge is 2.81. The Morgan fingerprint density at radius 2 is 1.37 bits per heavy atom. The highest BCUT2D eigenvalue weighted by atomic mass is 33.2. The molecule has 3 unspecified atom stereocenters. The lowest BCUT2D eigenvalue weighted by Crippen LogP contribution is -2.58. The van der Waals surface area contributed by atoms with Crippen molar-refractivity contribution in [2.24, 2.45) is 0 Å². The molecule has 230 valence electrons. The summed E-state index contributed by atoms with van der Waals surface area (Å²) in [5.41, 5.74) is 0. The third-order valence-electron chi connectivity index (χ3n) is 8.11. The number of hydrogen-bond acceptors (Lipinski definition) is 8. The SMILES string of the molecule is CCN1C(=O)C2N(CC(=O)NCCCCCCCCCCCCCCCC(=O)ON3C(=O)CCC3=O)C(=O)S23SC13. The highest BCUT2D eigenvalue weighted by Crippen LogP contribution is 2.95.